The van der Waals surface area contributed by atoms with E-state index in [1.165, 1.54) is 19.9 Å². The lowest BCUT2D eigenvalue weighted by molar-refractivity contribution is -0.144. The molecule has 0 unspecified atom stereocenters. The molecule has 4 N–H and O–H groups in total. The number of carbonyl (C=O) groups is 1. The molecule has 0 amide bonds. The van der Waals surface area contributed by atoms with Crippen molar-refractivity contribution in [1.29, 1.82) is 0 Å². The van der Waals surface area contributed by atoms with Crippen molar-refractivity contribution in [3.05, 3.63) is 22.8 Å². The van der Waals surface area contributed by atoms with E-state index in [4.69, 9.17) is 23.6 Å². The van der Waals surface area contributed by atoms with Gasteiger partial charge >= 0.3 is 21.6 Å². The number of esters is 1. The summed E-state index contributed by atoms with van der Waals surface area (Å²) in [6.07, 6.45) is -0.169. The lowest BCUT2D eigenvalue weighted by Crippen LogP contribution is -2.25. The third-order valence-corrected chi connectivity index (χ3v) is 4.52. The molecule has 0 saturated carbocycles. The fourth-order valence-electron chi connectivity index (χ4n) is 2.89. The zero-order valence-corrected chi connectivity index (χ0v) is 17.4. The van der Waals surface area contributed by atoms with Crippen LogP contribution in [0.5, 0.6) is 11.5 Å². The molecule has 1 rings (SSSR count). The summed E-state index contributed by atoms with van der Waals surface area (Å²) in [4.78, 5) is 48.6. The van der Waals surface area contributed by atoms with Crippen LogP contribution in [0.25, 0.3) is 0 Å². The van der Waals surface area contributed by atoms with Crippen molar-refractivity contribution in [2.75, 3.05) is 6.61 Å². The number of ether oxygens (including phenoxy) is 1. The maximum atomic E-state index is 11.9. The fraction of sp³-hybridized carbons (Fsp3) is 0.533. The molecule has 10 nitrogen and oxygen atoms in total. The maximum absolute atomic E-state index is 11.9. The minimum absolute atomic E-state index is 0.153. The Kier molecular flexibility index (Phi) is 7.27. The Hall–Kier alpha value is -1.41. The molecule has 0 radical (unpaired) electrons. The van der Waals surface area contributed by atoms with Crippen LogP contribution in [-0.2, 0) is 24.1 Å². The van der Waals surface area contributed by atoms with Gasteiger partial charge in [-0.25, -0.2) is 9.13 Å². The standard InChI is InChI=1S/C15H24O10P2/c1-6-23-12(16)8-15(4,5)13-10(3)14(25-27(20,21)22)9(2)7-11(13)24-26(17,18)19/h7H,6,8H2,1-5H3,(H2,17,18,19)(H2,20,21,22). The molecule has 0 saturated heterocycles. The second-order valence-corrected chi connectivity index (χ2v) is 8.88. The normalized spacial score (nSPS) is 12.6. The van der Waals surface area contributed by atoms with Gasteiger partial charge in [0, 0.05) is 11.0 Å². The highest BCUT2D eigenvalue weighted by Gasteiger charge is 2.35. The number of hydrogen-bond acceptors (Lipinski definition) is 6. The van der Waals surface area contributed by atoms with Crippen molar-refractivity contribution >= 4 is 21.6 Å². The van der Waals surface area contributed by atoms with Gasteiger partial charge < -0.3 is 13.8 Å². The fourth-order valence-corrected chi connectivity index (χ4v) is 3.81. The Bertz CT molecular complexity index is 805. The lowest BCUT2D eigenvalue weighted by Gasteiger charge is -2.30. The van der Waals surface area contributed by atoms with E-state index in [-0.39, 0.29) is 41.2 Å². The summed E-state index contributed by atoms with van der Waals surface area (Å²) in [5.74, 6) is -0.930. The number of benzene rings is 1. The number of carbonyl (C=O) groups excluding carboxylic acids is 1. The highest BCUT2D eigenvalue weighted by atomic mass is 31.2. The van der Waals surface area contributed by atoms with Crippen LogP contribution in [-0.4, -0.2) is 32.1 Å². The molecular weight excluding hydrogens is 402 g/mol. The molecule has 154 valence electrons. The van der Waals surface area contributed by atoms with Crippen LogP contribution >= 0.6 is 15.6 Å². The average Bonchev–Trinajstić information content (AvgIpc) is 2.39. The lowest BCUT2D eigenvalue weighted by atomic mass is 9.78. The topological polar surface area (TPSA) is 160 Å². The molecule has 0 spiro atoms. The van der Waals surface area contributed by atoms with Crippen LogP contribution in [0.2, 0.25) is 0 Å². The number of rotatable bonds is 8. The summed E-state index contributed by atoms with van der Waals surface area (Å²) in [5.41, 5.74) is -0.527. The van der Waals surface area contributed by atoms with Gasteiger partial charge in [0.25, 0.3) is 0 Å². The predicted octanol–water partition coefficient (Wildman–Crippen LogP) is 2.48. The van der Waals surface area contributed by atoms with Crippen LogP contribution in [0, 0.1) is 13.8 Å². The van der Waals surface area contributed by atoms with Crippen molar-refractivity contribution in [3.63, 3.8) is 0 Å². The first kappa shape index (κ1) is 23.6. The molecule has 1 aromatic carbocycles. The molecule has 1 aromatic rings. The third kappa shape index (κ3) is 6.92. The van der Waals surface area contributed by atoms with Gasteiger partial charge in [-0.3, -0.25) is 24.4 Å². The van der Waals surface area contributed by atoms with Crippen molar-refractivity contribution in [2.24, 2.45) is 0 Å². The molecule has 0 fully saturated rings. The minimum Gasteiger partial charge on any atom is -0.466 e. The van der Waals surface area contributed by atoms with Gasteiger partial charge in [0.05, 0.1) is 13.0 Å². The zero-order chi connectivity index (χ0) is 21.2. The monoisotopic (exact) mass is 426 g/mol. The summed E-state index contributed by atoms with van der Waals surface area (Å²) >= 11 is 0. The number of phosphoric acid groups is 2. The molecule has 0 aliphatic rings. The van der Waals surface area contributed by atoms with E-state index in [2.05, 4.69) is 0 Å². The van der Waals surface area contributed by atoms with Crippen LogP contribution in [0.1, 0.15) is 43.9 Å². The predicted molar refractivity (Wildman–Crippen MR) is 95.5 cm³/mol. The summed E-state index contributed by atoms with van der Waals surface area (Å²) in [6, 6.07) is 1.19. The quantitative estimate of drug-likeness (QED) is 0.359. The second kappa shape index (κ2) is 8.31. The van der Waals surface area contributed by atoms with Crippen molar-refractivity contribution < 1.29 is 47.3 Å². The Balaban J connectivity index is 3.64. The summed E-state index contributed by atoms with van der Waals surface area (Å²) < 4.78 is 37.1. The first-order valence-electron chi connectivity index (χ1n) is 7.88. The molecule has 0 heterocycles. The van der Waals surface area contributed by atoms with E-state index in [0.717, 1.165) is 0 Å². The van der Waals surface area contributed by atoms with E-state index in [1.807, 2.05) is 0 Å². The summed E-state index contributed by atoms with van der Waals surface area (Å²) in [5, 5.41) is 0. The van der Waals surface area contributed by atoms with Crippen LogP contribution in [0.15, 0.2) is 6.07 Å². The molecule has 0 aliphatic carbocycles. The van der Waals surface area contributed by atoms with Crippen LogP contribution in [0.4, 0.5) is 0 Å². The van der Waals surface area contributed by atoms with Gasteiger partial charge in [-0.05, 0) is 38.0 Å². The van der Waals surface area contributed by atoms with Gasteiger partial charge in [-0.2, -0.15) is 0 Å². The van der Waals surface area contributed by atoms with Crippen LogP contribution in [0.3, 0.4) is 0 Å². The van der Waals surface area contributed by atoms with E-state index in [1.54, 1.807) is 20.8 Å². The average molecular weight is 426 g/mol. The van der Waals surface area contributed by atoms with Crippen LogP contribution < -0.4 is 9.05 Å². The van der Waals surface area contributed by atoms with E-state index in [9.17, 15) is 23.7 Å². The summed E-state index contributed by atoms with van der Waals surface area (Å²) in [6.45, 7) is 7.89. The molecule has 12 heteroatoms. The molecule has 27 heavy (non-hydrogen) atoms. The second-order valence-electron chi connectivity index (χ2n) is 6.55. The van der Waals surface area contributed by atoms with Crippen molar-refractivity contribution in [3.8, 4) is 11.5 Å². The largest absolute Gasteiger partial charge is 0.524 e. The SMILES string of the molecule is CCOC(=O)CC(C)(C)c1c(OP(=O)(O)O)cc(C)c(OP(=O)(O)O)c1C. The van der Waals surface area contributed by atoms with E-state index >= 15 is 0 Å². The third-order valence-electron chi connectivity index (χ3n) is 3.66. The highest BCUT2D eigenvalue weighted by molar-refractivity contribution is 7.47. The van der Waals surface area contributed by atoms with Crippen molar-refractivity contribution in [2.45, 2.75) is 46.5 Å². The number of aryl methyl sites for hydroxylation is 1. The van der Waals surface area contributed by atoms with E-state index < -0.39 is 27.0 Å². The zero-order valence-electron chi connectivity index (χ0n) is 15.6. The van der Waals surface area contributed by atoms with Gasteiger partial charge in [0.2, 0.25) is 0 Å². The molecule has 0 aliphatic heterocycles. The Labute approximate surface area is 156 Å². The van der Waals surface area contributed by atoms with Gasteiger partial charge in [0.1, 0.15) is 11.5 Å². The minimum atomic E-state index is -4.94. The summed E-state index contributed by atoms with van der Waals surface area (Å²) in [7, 11) is -9.83. The van der Waals surface area contributed by atoms with Gasteiger partial charge in [-0.15, -0.1) is 0 Å². The Morgan fingerprint density at radius 1 is 1.07 bits per heavy atom. The van der Waals surface area contributed by atoms with Gasteiger partial charge in [-0.1, -0.05) is 13.8 Å². The van der Waals surface area contributed by atoms with Gasteiger partial charge in [0.15, 0.2) is 0 Å². The molecule has 0 aromatic heterocycles. The first-order valence-corrected chi connectivity index (χ1v) is 10.9. The first-order chi connectivity index (χ1) is 12.1. The highest BCUT2D eigenvalue weighted by Crippen LogP contribution is 2.50. The van der Waals surface area contributed by atoms with E-state index in [0.29, 0.717) is 0 Å². The Morgan fingerprint density at radius 3 is 2.04 bits per heavy atom. The number of phosphoric ester groups is 2. The smallest absolute Gasteiger partial charge is 0.466 e. The Morgan fingerprint density at radius 2 is 1.59 bits per heavy atom. The molecular formula is C15H24O10P2. The molecule has 0 atom stereocenters. The number of hydrogen-bond donors (Lipinski definition) is 4. The maximum Gasteiger partial charge on any atom is 0.524 e. The van der Waals surface area contributed by atoms with Crippen molar-refractivity contribution in [1.82, 2.24) is 0 Å². The molecule has 0 bridgehead atoms.